The van der Waals surface area contributed by atoms with Crippen LogP contribution in [0.25, 0.3) is 10.9 Å². The van der Waals surface area contributed by atoms with Gasteiger partial charge in [-0.05, 0) is 6.07 Å². The summed E-state index contributed by atoms with van der Waals surface area (Å²) >= 11 is 7.78. The van der Waals surface area contributed by atoms with Gasteiger partial charge in [0.1, 0.15) is 0 Å². The molecule has 2 aromatic rings. The van der Waals surface area contributed by atoms with Crippen molar-refractivity contribution in [1.82, 2.24) is 4.98 Å². The van der Waals surface area contributed by atoms with Crippen molar-refractivity contribution in [3.05, 3.63) is 35.5 Å². The van der Waals surface area contributed by atoms with Crippen molar-refractivity contribution < 1.29 is 0 Å². The van der Waals surface area contributed by atoms with E-state index < -0.39 is 0 Å². The Labute approximate surface area is 97.9 Å². The molecule has 0 atom stereocenters. The van der Waals surface area contributed by atoms with Crippen molar-refractivity contribution in [2.75, 3.05) is 5.75 Å². The molecule has 1 aromatic heterocycles. The molecule has 1 heterocycles. The molecule has 3 heteroatoms. The van der Waals surface area contributed by atoms with Crippen LogP contribution in [0.5, 0.6) is 0 Å². The maximum atomic E-state index is 6.25. The van der Waals surface area contributed by atoms with E-state index in [2.05, 4.69) is 10.9 Å². The molecule has 0 saturated heterocycles. The first kappa shape index (κ1) is 10.4. The first-order valence-electron chi connectivity index (χ1n) is 4.42. The molecular weight excluding hydrogens is 226 g/mol. The Morgan fingerprint density at radius 1 is 1.40 bits per heavy atom. The lowest BCUT2D eigenvalue weighted by Crippen LogP contribution is -1.83. The Kier molecular flexibility index (Phi) is 3.15. The molecule has 0 N–H and O–H groups in total. The number of halogens is 1. The number of para-hydroxylation sites is 1. The van der Waals surface area contributed by atoms with Gasteiger partial charge in [-0.2, -0.15) is 0 Å². The normalized spacial score (nSPS) is 10.1. The van der Waals surface area contributed by atoms with Crippen molar-refractivity contribution >= 4 is 34.3 Å². The van der Waals surface area contributed by atoms with E-state index in [1.54, 1.807) is 6.20 Å². The number of fused-ring (bicyclic) bond motifs is 1. The smallest absolute Gasteiger partial charge is 0.0717 e. The fourth-order valence-corrected chi connectivity index (χ4v) is 2.28. The highest BCUT2D eigenvalue weighted by atomic mass is 35.5. The number of rotatable bonds is 2. The molecule has 0 unspecified atom stereocenters. The van der Waals surface area contributed by atoms with Crippen LogP contribution in [-0.2, 0) is 0 Å². The third-order valence-electron chi connectivity index (χ3n) is 1.99. The average molecular weight is 234 g/mol. The zero-order valence-corrected chi connectivity index (χ0v) is 9.48. The molecule has 1 aromatic carbocycles. The van der Waals surface area contributed by atoms with Crippen molar-refractivity contribution in [1.29, 1.82) is 0 Å². The van der Waals surface area contributed by atoms with Crippen molar-refractivity contribution in [3.63, 3.8) is 0 Å². The molecule has 0 aliphatic carbocycles. The number of benzene rings is 1. The Hall–Kier alpha value is -1.17. The van der Waals surface area contributed by atoms with Crippen LogP contribution in [0.2, 0.25) is 5.02 Å². The maximum absolute atomic E-state index is 6.25. The Balaban J connectivity index is 2.51. The Bertz CT molecular complexity index is 531. The molecule has 0 spiro atoms. The van der Waals surface area contributed by atoms with E-state index in [0.717, 1.165) is 20.8 Å². The summed E-state index contributed by atoms with van der Waals surface area (Å²) in [5, 5.41) is 1.71. The Morgan fingerprint density at radius 3 is 3.00 bits per heavy atom. The maximum Gasteiger partial charge on any atom is 0.0717 e. The lowest BCUT2D eigenvalue weighted by Gasteiger charge is -2.04. The van der Waals surface area contributed by atoms with Crippen LogP contribution in [0.15, 0.2) is 35.4 Å². The third-order valence-corrected chi connectivity index (χ3v) is 3.44. The molecule has 0 fully saturated rings. The highest BCUT2D eigenvalue weighted by Crippen LogP contribution is 2.31. The van der Waals surface area contributed by atoms with Gasteiger partial charge in [0.2, 0.25) is 0 Å². The third kappa shape index (κ3) is 2.09. The number of terminal acetylenes is 1. The van der Waals surface area contributed by atoms with Crippen molar-refractivity contribution in [3.8, 4) is 12.3 Å². The largest absolute Gasteiger partial charge is 0.255 e. The van der Waals surface area contributed by atoms with E-state index in [4.69, 9.17) is 18.0 Å². The summed E-state index contributed by atoms with van der Waals surface area (Å²) in [6.07, 6.45) is 6.98. The van der Waals surface area contributed by atoms with E-state index in [-0.39, 0.29) is 0 Å². The van der Waals surface area contributed by atoms with Crippen LogP contribution in [-0.4, -0.2) is 10.7 Å². The molecular formula is C12H8ClNS. The van der Waals surface area contributed by atoms with E-state index in [9.17, 15) is 0 Å². The molecule has 0 amide bonds. The predicted molar refractivity (Wildman–Crippen MR) is 66.3 cm³/mol. The van der Waals surface area contributed by atoms with E-state index >= 15 is 0 Å². The molecule has 15 heavy (non-hydrogen) atoms. The first-order valence-corrected chi connectivity index (χ1v) is 5.79. The van der Waals surface area contributed by atoms with Crippen LogP contribution in [0.3, 0.4) is 0 Å². The van der Waals surface area contributed by atoms with Gasteiger partial charge in [0.15, 0.2) is 0 Å². The standard InChI is InChI=1S/C12H8ClNS/c1-2-7-15-11-8-14-10-6-4-3-5-9(10)12(11)13/h1,3-6,8H,7H2. The highest BCUT2D eigenvalue weighted by molar-refractivity contribution is 7.99. The summed E-state index contributed by atoms with van der Waals surface area (Å²) in [6, 6.07) is 7.80. The highest BCUT2D eigenvalue weighted by Gasteiger charge is 2.05. The Morgan fingerprint density at radius 2 is 2.20 bits per heavy atom. The summed E-state index contributed by atoms with van der Waals surface area (Å²) < 4.78 is 0. The summed E-state index contributed by atoms with van der Waals surface area (Å²) in [5.41, 5.74) is 0.910. The summed E-state index contributed by atoms with van der Waals surface area (Å²) in [4.78, 5) is 5.26. The van der Waals surface area contributed by atoms with Gasteiger partial charge < -0.3 is 0 Å². The SMILES string of the molecule is C#CCSc1cnc2ccccc2c1Cl. The molecule has 74 valence electrons. The van der Waals surface area contributed by atoms with Crippen molar-refractivity contribution in [2.24, 2.45) is 0 Å². The number of nitrogens with zero attached hydrogens (tertiary/aromatic N) is 1. The average Bonchev–Trinajstić information content (AvgIpc) is 2.29. The minimum Gasteiger partial charge on any atom is -0.255 e. The zero-order valence-electron chi connectivity index (χ0n) is 7.90. The minimum atomic E-state index is 0.611. The van der Waals surface area contributed by atoms with Crippen LogP contribution in [0.4, 0.5) is 0 Å². The lowest BCUT2D eigenvalue weighted by atomic mass is 10.2. The van der Waals surface area contributed by atoms with E-state index in [0.29, 0.717) is 5.75 Å². The van der Waals surface area contributed by atoms with Gasteiger partial charge in [-0.25, -0.2) is 0 Å². The van der Waals surface area contributed by atoms with Crippen LogP contribution >= 0.6 is 23.4 Å². The minimum absolute atomic E-state index is 0.611. The van der Waals surface area contributed by atoms with Gasteiger partial charge in [0.25, 0.3) is 0 Å². The fourth-order valence-electron chi connectivity index (χ4n) is 1.31. The molecule has 1 nitrogen and oxygen atoms in total. The fraction of sp³-hybridized carbons (Fsp3) is 0.0833. The summed E-state index contributed by atoms with van der Waals surface area (Å²) in [6.45, 7) is 0. The quantitative estimate of drug-likeness (QED) is 0.581. The van der Waals surface area contributed by atoms with Gasteiger partial charge in [-0.3, -0.25) is 4.98 Å². The van der Waals surface area contributed by atoms with Gasteiger partial charge in [-0.1, -0.05) is 35.7 Å². The van der Waals surface area contributed by atoms with Gasteiger partial charge in [0, 0.05) is 16.5 Å². The summed E-state index contributed by atoms with van der Waals surface area (Å²) in [5.74, 6) is 3.18. The topological polar surface area (TPSA) is 12.9 Å². The molecule has 0 saturated carbocycles. The lowest BCUT2D eigenvalue weighted by molar-refractivity contribution is 1.31. The van der Waals surface area contributed by atoms with Crippen LogP contribution in [0.1, 0.15) is 0 Å². The second kappa shape index (κ2) is 4.57. The predicted octanol–water partition coefficient (Wildman–Crippen LogP) is 3.61. The van der Waals surface area contributed by atoms with E-state index in [1.807, 2.05) is 24.3 Å². The summed E-state index contributed by atoms with van der Waals surface area (Å²) in [7, 11) is 0. The number of thioether (sulfide) groups is 1. The number of pyridine rings is 1. The molecule has 0 bridgehead atoms. The van der Waals surface area contributed by atoms with Gasteiger partial charge in [0.05, 0.1) is 16.3 Å². The number of hydrogen-bond acceptors (Lipinski definition) is 2. The number of aromatic nitrogens is 1. The van der Waals surface area contributed by atoms with Gasteiger partial charge >= 0.3 is 0 Å². The molecule has 2 rings (SSSR count). The van der Waals surface area contributed by atoms with Crippen molar-refractivity contribution in [2.45, 2.75) is 4.90 Å². The molecule has 0 aliphatic heterocycles. The second-order valence-corrected chi connectivity index (χ2v) is 4.34. The van der Waals surface area contributed by atoms with Crippen LogP contribution in [0, 0.1) is 12.3 Å². The monoisotopic (exact) mass is 233 g/mol. The second-order valence-electron chi connectivity index (χ2n) is 2.95. The van der Waals surface area contributed by atoms with Crippen LogP contribution < -0.4 is 0 Å². The first-order chi connectivity index (χ1) is 7.33. The molecule has 0 aliphatic rings. The van der Waals surface area contributed by atoms with Gasteiger partial charge in [-0.15, -0.1) is 18.2 Å². The number of hydrogen-bond donors (Lipinski definition) is 0. The van der Waals surface area contributed by atoms with E-state index in [1.165, 1.54) is 11.8 Å². The molecule has 0 radical (unpaired) electrons. The zero-order chi connectivity index (χ0) is 10.7.